The minimum Gasteiger partial charge on any atom is -0.404 e. The van der Waals surface area contributed by atoms with E-state index >= 15 is 0 Å². The van der Waals surface area contributed by atoms with Crippen LogP contribution in [0.15, 0.2) is 15.7 Å². The van der Waals surface area contributed by atoms with Crippen LogP contribution < -0.4 is 9.88 Å². The largest absolute Gasteiger partial charge is 0.573 e. The Bertz CT molecular complexity index is 544. The second-order valence-corrected chi connectivity index (χ2v) is 5.23. The van der Waals surface area contributed by atoms with Crippen molar-refractivity contribution in [2.75, 3.05) is 0 Å². The number of sulfonamides is 1. The Morgan fingerprint density at radius 2 is 2.00 bits per heavy atom. The van der Waals surface area contributed by atoms with Crippen LogP contribution >= 0.6 is 15.9 Å². The lowest BCUT2D eigenvalue weighted by molar-refractivity contribution is -0.275. The summed E-state index contributed by atoms with van der Waals surface area (Å²) in [4.78, 5) is 2.71. The van der Waals surface area contributed by atoms with Gasteiger partial charge in [0, 0.05) is 11.8 Å². The molecule has 0 aromatic carbocycles. The highest BCUT2D eigenvalue weighted by atomic mass is 79.9. The summed E-state index contributed by atoms with van der Waals surface area (Å²) >= 11 is 2.71. The van der Waals surface area contributed by atoms with E-state index in [0.717, 1.165) is 6.20 Å². The first-order valence-corrected chi connectivity index (χ1v) is 6.30. The van der Waals surface area contributed by atoms with E-state index in [-0.39, 0.29) is 10.2 Å². The Balaban J connectivity index is 3.52. The van der Waals surface area contributed by atoms with Crippen LogP contribution in [0, 0.1) is 6.92 Å². The van der Waals surface area contributed by atoms with Gasteiger partial charge in [0.05, 0.1) is 0 Å². The van der Waals surface area contributed by atoms with Crippen LogP contribution in [-0.2, 0) is 10.0 Å². The topological polar surface area (TPSA) is 82.3 Å². The minimum absolute atomic E-state index is 0.102. The van der Waals surface area contributed by atoms with Gasteiger partial charge in [0.1, 0.15) is 4.60 Å². The van der Waals surface area contributed by atoms with E-state index in [1.807, 2.05) is 0 Å². The smallest absolute Gasteiger partial charge is 0.404 e. The highest BCUT2D eigenvalue weighted by Crippen LogP contribution is 2.35. The number of hydrogen-bond donors (Lipinski definition) is 1. The van der Waals surface area contributed by atoms with Crippen molar-refractivity contribution in [1.29, 1.82) is 0 Å². The number of aryl methyl sites for hydroxylation is 1. The molecule has 0 spiro atoms. The fourth-order valence-electron chi connectivity index (χ4n) is 1.03. The standard InChI is InChI=1S/C7H6BrF3N2O3S/c1-3-2-13-6(8)5(17(12,14)15)4(3)16-7(9,10)11/h2H,1H3,(H2,12,14,15). The van der Waals surface area contributed by atoms with Crippen LogP contribution in [0.2, 0.25) is 0 Å². The molecule has 1 aromatic rings. The molecule has 0 radical (unpaired) electrons. The SMILES string of the molecule is Cc1cnc(Br)c(S(N)(=O)=O)c1OC(F)(F)F. The maximum atomic E-state index is 12.1. The Kier molecular flexibility index (Phi) is 3.69. The molecule has 96 valence electrons. The average molecular weight is 335 g/mol. The van der Waals surface area contributed by atoms with Crippen molar-refractivity contribution in [3.05, 3.63) is 16.4 Å². The van der Waals surface area contributed by atoms with Gasteiger partial charge in [-0.15, -0.1) is 13.2 Å². The van der Waals surface area contributed by atoms with E-state index in [1.54, 1.807) is 0 Å². The summed E-state index contributed by atoms with van der Waals surface area (Å²) in [5, 5.41) is 4.80. The van der Waals surface area contributed by atoms with Crippen molar-refractivity contribution < 1.29 is 26.3 Å². The van der Waals surface area contributed by atoms with Gasteiger partial charge in [-0.05, 0) is 22.9 Å². The molecule has 1 aromatic heterocycles. The second-order valence-electron chi connectivity index (χ2n) is 2.98. The van der Waals surface area contributed by atoms with E-state index in [2.05, 4.69) is 25.7 Å². The third-order valence-corrected chi connectivity index (χ3v) is 3.44. The molecule has 5 nitrogen and oxygen atoms in total. The van der Waals surface area contributed by atoms with E-state index in [1.165, 1.54) is 6.92 Å². The molecule has 10 heteroatoms. The molecule has 0 aliphatic carbocycles. The van der Waals surface area contributed by atoms with Gasteiger partial charge < -0.3 is 4.74 Å². The molecule has 0 amide bonds. The van der Waals surface area contributed by atoms with E-state index in [0.29, 0.717) is 0 Å². The van der Waals surface area contributed by atoms with E-state index in [4.69, 9.17) is 5.14 Å². The van der Waals surface area contributed by atoms with Crippen LogP contribution in [0.3, 0.4) is 0 Å². The summed E-state index contributed by atoms with van der Waals surface area (Å²) in [6, 6.07) is 0. The van der Waals surface area contributed by atoms with Gasteiger partial charge in [-0.3, -0.25) is 0 Å². The van der Waals surface area contributed by atoms with Crippen molar-refractivity contribution in [3.63, 3.8) is 0 Å². The van der Waals surface area contributed by atoms with Gasteiger partial charge in [-0.25, -0.2) is 18.5 Å². The van der Waals surface area contributed by atoms with Gasteiger partial charge in [-0.1, -0.05) is 0 Å². The van der Waals surface area contributed by atoms with Crippen LogP contribution in [0.5, 0.6) is 5.75 Å². The van der Waals surface area contributed by atoms with Crippen LogP contribution in [0.4, 0.5) is 13.2 Å². The fourth-order valence-corrected chi connectivity index (χ4v) is 2.74. The summed E-state index contributed by atoms with van der Waals surface area (Å²) in [6.07, 6.45) is -4.00. The normalized spacial score (nSPS) is 12.6. The molecule has 0 saturated heterocycles. The number of nitrogens with two attached hydrogens (primary N) is 1. The lowest BCUT2D eigenvalue weighted by Crippen LogP contribution is -2.22. The summed E-state index contributed by atoms with van der Waals surface area (Å²) in [6.45, 7) is 1.22. The summed E-state index contributed by atoms with van der Waals surface area (Å²) in [7, 11) is -4.39. The number of pyridine rings is 1. The number of rotatable bonds is 2. The Labute approximate surface area is 103 Å². The van der Waals surface area contributed by atoms with Gasteiger partial charge in [0.25, 0.3) is 0 Å². The monoisotopic (exact) mass is 334 g/mol. The quantitative estimate of drug-likeness (QED) is 0.834. The number of aromatic nitrogens is 1. The molecule has 0 saturated carbocycles. The molecule has 1 rings (SSSR count). The summed E-state index contributed by atoms with van der Waals surface area (Å²) < 4.78 is 62.0. The molecule has 0 fully saturated rings. The zero-order chi connectivity index (χ0) is 13.4. The second kappa shape index (κ2) is 4.42. The van der Waals surface area contributed by atoms with Crippen LogP contribution in [0.25, 0.3) is 0 Å². The third-order valence-electron chi connectivity index (χ3n) is 1.63. The first-order valence-electron chi connectivity index (χ1n) is 3.96. The predicted molar refractivity (Wildman–Crippen MR) is 54.7 cm³/mol. The molecule has 2 N–H and O–H groups in total. The van der Waals surface area contributed by atoms with Gasteiger partial charge in [-0.2, -0.15) is 0 Å². The zero-order valence-electron chi connectivity index (χ0n) is 8.25. The molecule has 0 unspecified atom stereocenters. The van der Waals surface area contributed by atoms with Crippen molar-refractivity contribution in [2.24, 2.45) is 5.14 Å². The third kappa shape index (κ3) is 3.54. The summed E-state index contributed by atoms with van der Waals surface area (Å²) in [5.41, 5.74) is -0.102. The van der Waals surface area contributed by atoms with Crippen molar-refractivity contribution >= 4 is 26.0 Å². The highest BCUT2D eigenvalue weighted by molar-refractivity contribution is 9.10. The molecular formula is C7H6BrF3N2O3S. The minimum atomic E-state index is -5.02. The molecule has 0 bridgehead atoms. The number of hydrogen-bond acceptors (Lipinski definition) is 4. The van der Waals surface area contributed by atoms with Crippen LogP contribution in [0.1, 0.15) is 5.56 Å². The Hall–Kier alpha value is -0.870. The van der Waals surface area contributed by atoms with Gasteiger partial charge in [0.2, 0.25) is 10.0 Å². The number of nitrogens with zero attached hydrogens (tertiary/aromatic N) is 1. The molecule has 0 atom stereocenters. The van der Waals surface area contributed by atoms with Crippen LogP contribution in [-0.4, -0.2) is 19.8 Å². The Morgan fingerprint density at radius 1 is 1.47 bits per heavy atom. The number of ether oxygens (including phenoxy) is 1. The summed E-state index contributed by atoms with van der Waals surface area (Å²) in [5.74, 6) is -0.887. The number of alkyl halides is 3. The van der Waals surface area contributed by atoms with Crippen molar-refractivity contribution in [2.45, 2.75) is 18.2 Å². The fraction of sp³-hybridized carbons (Fsp3) is 0.286. The number of primary sulfonamides is 1. The molecule has 17 heavy (non-hydrogen) atoms. The van der Waals surface area contributed by atoms with Gasteiger partial charge in [0.15, 0.2) is 10.6 Å². The maximum absolute atomic E-state index is 12.1. The van der Waals surface area contributed by atoms with E-state index in [9.17, 15) is 21.6 Å². The molecule has 0 aliphatic rings. The maximum Gasteiger partial charge on any atom is 0.573 e. The highest BCUT2D eigenvalue weighted by Gasteiger charge is 2.35. The predicted octanol–water partition coefficient (Wildman–Crippen LogP) is 1.70. The number of halogens is 4. The molecule has 1 heterocycles. The Morgan fingerprint density at radius 3 is 2.41 bits per heavy atom. The first-order chi connectivity index (χ1) is 7.52. The zero-order valence-corrected chi connectivity index (χ0v) is 10.6. The molecular weight excluding hydrogens is 329 g/mol. The van der Waals surface area contributed by atoms with Crippen molar-refractivity contribution in [1.82, 2.24) is 4.98 Å². The lowest BCUT2D eigenvalue weighted by atomic mass is 10.3. The first kappa shape index (κ1) is 14.2. The lowest BCUT2D eigenvalue weighted by Gasteiger charge is -2.14. The average Bonchev–Trinajstić information content (AvgIpc) is 2.06. The van der Waals surface area contributed by atoms with E-state index < -0.39 is 27.0 Å². The van der Waals surface area contributed by atoms with Gasteiger partial charge >= 0.3 is 6.36 Å². The molecule has 0 aliphatic heterocycles. The van der Waals surface area contributed by atoms with Crippen molar-refractivity contribution in [3.8, 4) is 5.75 Å².